The van der Waals surface area contributed by atoms with E-state index in [1.165, 1.54) is 7.11 Å². The van der Waals surface area contributed by atoms with Gasteiger partial charge in [-0.15, -0.1) is 0 Å². The van der Waals surface area contributed by atoms with Gasteiger partial charge in [0, 0.05) is 18.5 Å². The van der Waals surface area contributed by atoms with Crippen LogP contribution in [0, 0.1) is 13.8 Å². The molecule has 0 aliphatic heterocycles. The number of carbonyl (C=O) groups excluding carboxylic acids is 1. The minimum Gasteiger partial charge on any atom is -0.480 e. The van der Waals surface area contributed by atoms with Crippen LogP contribution in [-0.4, -0.2) is 41.3 Å². The first-order chi connectivity index (χ1) is 11.9. The van der Waals surface area contributed by atoms with Gasteiger partial charge in [-0.2, -0.15) is 0 Å². The fraction of sp³-hybridized carbons (Fsp3) is 0.368. The van der Waals surface area contributed by atoms with E-state index in [0.717, 1.165) is 17.0 Å². The van der Waals surface area contributed by atoms with Crippen LogP contribution in [0.3, 0.4) is 0 Å². The third-order valence-electron chi connectivity index (χ3n) is 4.34. The van der Waals surface area contributed by atoms with E-state index in [9.17, 15) is 9.59 Å². The van der Waals surface area contributed by atoms with Gasteiger partial charge in [-0.05, 0) is 32.4 Å². The lowest BCUT2D eigenvalue weighted by Crippen LogP contribution is -2.43. The second-order valence-electron chi connectivity index (χ2n) is 6.06. The summed E-state index contributed by atoms with van der Waals surface area (Å²) in [5, 5.41) is 11.7. The summed E-state index contributed by atoms with van der Waals surface area (Å²) in [7, 11) is 1.40. The van der Waals surface area contributed by atoms with Crippen LogP contribution in [-0.2, 0) is 9.53 Å². The van der Waals surface area contributed by atoms with Crippen LogP contribution in [0.4, 0.5) is 0 Å². The first-order valence-electron chi connectivity index (χ1n) is 8.12. The van der Waals surface area contributed by atoms with E-state index in [1.807, 2.05) is 44.2 Å². The fourth-order valence-corrected chi connectivity index (χ4v) is 3.06. The number of aliphatic carboxylic acids is 1. The Morgan fingerprint density at radius 3 is 2.44 bits per heavy atom. The van der Waals surface area contributed by atoms with Crippen molar-refractivity contribution >= 4 is 11.9 Å². The molecule has 0 aliphatic rings. The summed E-state index contributed by atoms with van der Waals surface area (Å²) in [4.78, 5) is 23.7. The Bertz CT molecular complexity index is 752. The van der Waals surface area contributed by atoms with Gasteiger partial charge in [-0.25, -0.2) is 4.79 Å². The molecular formula is C19H24N2O4. The molecule has 0 spiro atoms. The van der Waals surface area contributed by atoms with E-state index in [0.29, 0.717) is 5.56 Å². The van der Waals surface area contributed by atoms with Gasteiger partial charge in [-0.1, -0.05) is 30.3 Å². The molecule has 1 heterocycles. The number of carbonyl (C=O) groups is 2. The van der Waals surface area contributed by atoms with Crippen LogP contribution >= 0.6 is 0 Å². The second kappa shape index (κ2) is 7.98. The maximum absolute atomic E-state index is 12.5. The molecule has 1 aromatic carbocycles. The minimum atomic E-state index is -1.12. The third-order valence-corrected chi connectivity index (χ3v) is 4.34. The van der Waals surface area contributed by atoms with E-state index >= 15 is 0 Å². The second-order valence-corrected chi connectivity index (χ2v) is 6.06. The molecule has 6 nitrogen and oxygen atoms in total. The Balaban J connectivity index is 2.29. The summed E-state index contributed by atoms with van der Waals surface area (Å²) < 4.78 is 6.94. The van der Waals surface area contributed by atoms with Gasteiger partial charge in [0.15, 0.2) is 6.04 Å². The van der Waals surface area contributed by atoms with Gasteiger partial charge < -0.3 is 19.7 Å². The number of ether oxygens (including phenoxy) is 1. The van der Waals surface area contributed by atoms with Crippen LogP contribution in [0.5, 0.6) is 0 Å². The number of rotatable bonds is 7. The predicted molar refractivity (Wildman–Crippen MR) is 94.9 cm³/mol. The number of carboxylic acid groups (broad SMARTS) is 1. The van der Waals surface area contributed by atoms with Crippen LogP contribution in [0.1, 0.15) is 40.3 Å². The molecule has 2 atom stereocenters. The average molecular weight is 344 g/mol. The maximum Gasteiger partial charge on any atom is 0.328 e. The summed E-state index contributed by atoms with van der Waals surface area (Å²) in [6, 6.07) is 10.8. The van der Waals surface area contributed by atoms with E-state index in [2.05, 4.69) is 16.8 Å². The Morgan fingerprint density at radius 2 is 1.88 bits per heavy atom. The van der Waals surface area contributed by atoms with Crippen LogP contribution in [0.15, 0.2) is 36.4 Å². The molecule has 2 aromatic rings. The molecule has 0 saturated carbocycles. The van der Waals surface area contributed by atoms with Crippen LogP contribution in [0.2, 0.25) is 0 Å². The molecule has 0 aliphatic carbocycles. The normalized spacial score (nSPS) is 13.3. The summed E-state index contributed by atoms with van der Waals surface area (Å²) in [6.07, 6.45) is 0. The lowest BCUT2D eigenvalue weighted by molar-refractivity contribution is -0.140. The number of hydrogen-bond acceptors (Lipinski definition) is 3. The molecule has 0 saturated heterocycles. The van der Waals surface area contributed by atoms with E-state index in [4.69, 9.17) is 9.84 Å². The number of benzene rings is 1. The molecule has 2 rings (SSSR count). The number of amides is 1. The van der Waals surface area contributed by atoms with Crippen LogP contribution < -0.4 is 5.32 Å². The molecule has 6 heteroatoms. The molecule has 0 fully saturated rings. The van der Waals surface area contributed by atoms with Crippen molar-refractivity contribution in [2.75, 3.05) is 13.7 Å². The summed E-state index contributed by atoms with van der Waals surface area (Å²) in [5.41, 5.74) is 3.35. The molecular weight excluding hydrogens is 320 g/mol. The van der Waals surface area contributed by atoms with Crippen molar-refractivity contribution < 1.29 is 19.4 Å². The van der Waals surface area contributed by atoms with Crippen molar-refractivity contribution in [2.24, 2.45) is 0 Å². The predicted octanol–water partition coefficient (Wildman–Crippen LogP) is 2.54. The van der Waals surface area contributed by atoms with Crippen molar-refractivity contribution in [1.29, 1.82) is 0 Å². The molecule has 0 bridgehead atoms. The highest BCUT2D eigenvalue weighted by atomic mass is 16.5. The smallest absolute Gasteiger partial charge is 0.328 e. The minimum absolute atomic E-state index is 0.0667. The standard InChI is InChI=1S/C19H24N2O4/c1-12-10-16(18(22)20-17(11-25-4)19(23)24)14(3)21(12)13(2)15-8-6-5-7-9-15/h5-10,13,17H,11H2,1-4H3,(H,20,22)(H,23,24). The Labute approximate surface area is 147 Å². The Morgan fingerprint density at radius 1 is 1.24 bits per heavy atom. The number of nitrogens with zero attached hydrogens (tertiary/aromatic N) is 1. The van der Waals surface area contributed by atoms with E-state index in [1.54, 1.807) is 6.07 Å². The van der Waals surface area contributed by atoms with Crippen LogP contribution in [0.25, 0.3) is 0 Å². The fourth-order valence-electron chi connectivity index (χ4n) is 3.06. The van der Waals surface area contributed by atoms with Crippen molar-refractivity contribution in [3.05, 3.63) is 58.9 Å². The van der Waals surface area contributed by atoms with Crippen molar-refractivity contribution in [3.8, 4) is 0 Å². The summed E-state index contributed by atoms with van der Waals surface area (Å²) >= 11 is 0. The zero-order valence-electron chi connectivity index (χ0n) is 14.9. The van der Waals surface area contributed by atoms with E-state index in [-0.39, 0.29) is 12.6 Å². The first-order valence-corrected chi connectivity index (χ1v) is 8.12. The van der Waals surface area contributed by atoms with Gasteiger partial charge in [0.05, 0.1) is 18.2 Å². The molecule has 25 heavy (non-hydrogen) atoms. The molecule has 134 valence electrons. The largest absolute Gasteiger partial charge is 0.480 e. The summed E-state index contributed by atoms with van der Waals surface area (Å²) in [6.45, 7) is 5.79. The van der Waals surface area contributed by atoms with Crippen molar-refractivity contribution in [2.45, 2.75) is 32.9 Å². The maximum atomic E-state index is 12.5. The Kier molecular flexibility index (Phi) is 5.98. The highest BCUT2D eigenvalue weighted by molar-refractivity contribution is 5.98. The zero-order valence-corrected chi connectivity index (χ0v) is 14.9. The molecule has 2 unspecified atom stereocenters. The summed E-state index contributed by atoms with van der Waals surface area (Å²) in [5.74, 6) is -1.54. The first kappa shape index (κ1) is 18.7. The molecule has 1 amide bonds. The van der Waals surface area contributed by atoms with E-state index < -0.39 is 17.9 Å². The van der Waals surface area contributed by atoms with Gasteiger partial charge in [0.2, 0.25) is 0 Å². The van der Waals surface area contributed by atoms with Gasteiger partial charge in [0.25, 0.3) is 5.91 Å². The van der Waals surface area contributed by atoms with Crippen molar-refractivity contribution in [3.63, 3.8) is 0 Å². The van der Waals surface area contributed by atoms with Crippen molar-refractivity contribution in [1.82, 2.24) is 9.88 Å². The Hall–Kier alpha value is -2.60. The molecule has 1 aromatic heterocycles. The molecule has 0 radical (unpaired) electrons. The monoisotopic (exact) mass is 344 g/mol. The number of carboxylic acids is 1. The zero-order chi connectivity index (χ0) is 18.6. The van der Waals surface area contributed by atoms with Gasteiger partial charge in [-0.3, -0.25) is 4.79 Å². The quantitative estimate of drug-likeness (QED) is 0.809. The average Bonchev–Trinajstić information content (AvgIpc) is 2.89. The number of hydrogen-bond donors (Lipinski definition) is 2. The third kappa shape index (κ3) is 4.09. The van der Waals surface area contributed by atoms with Gasteiger partial charge in [0.1, 0.15) is 0 Å². The number of aromatic nitrogens is 1. The lowest BCUT2D eigenvalue weighted by Gasteiger charge is -2.19. The topological polar surface area (TPSA) is 80.6 Å². The highest BCUT2D eigenvalue weighted by Crippen LogP contribution is 2.25. The lowest BCUT2D eigenvalue weighted by atomic mass is 10.1. The SMILES string of the molecule is COCC(NC(=O)c1cc(C)n(C(C)c2ccccc2)c1C)C(=O)O. The number of methoxy groups -OCH3 is 1. The van der Waals surface area contributed by atoms with Gasteiger partial charge >= 0.3 is 5.97 Å². The molecule has 2 N–H and O–H groups in total. The number of aryl methyl sites for hydroxylation is 1. The highest BCUT2D eigenvalue weighted by Gasteiger charge is 2.24. The number of nitrogens with one attached hydrogen (secondary N) is 1.